The quantitative estimate of drug-likeness (QED) is 0.873. The third-order valence-electron chi connectivity index (χ3n) is 2.43. The van der Waals surface area contributed by atoms with Gasteiger partial charge in [-0.2, -0.15) is 0 Å². The third-order valence-corrected chi connectivity index (χ3v) is 3.34. The van der Waals surface area contributed by atoms with Gasteiger partial charge in [-0.05, 0) is 12.1 Å². The molecule has 0 unspecified atom stereocenters. The van der Waals surface area contributed by atoms with Crippen LogP contribution in [0.5, 0.6) is 0 Å². The molecule has 0 saturated heterocycles. The second kappa shape index (κ2) is 6.10. The van der Waals surface area contributed by atoms with Gasteiger partial charge >= 0.3 is 5.97 Å². The zero-order chi connectivity index (χ0) is 13.7. The van der Waals surface area contributed by atoms with Crippen LogP contribution < -0.4 is 5.32 Å². The zero-order valence-electron chi connectivity index (χ0n) is 10.00. The van der Waals surface area contributed by atoms with Crippen molar-refractivity contribution in [1.29, 1.82) is 0 Å². The Kier molecular flexibility index (Phi) is 4.25. The number of rotatable bonds is 5. The predicted octanol–water partition coefficient (Wildman–Crippen LogP) is 1.81. The molecular formula is C13H12N2O3S. The second-order valence-electron chi connectivity index (χ2n) is 3.80. The number of carboxylic acid groups (broad SMARTS) is 1. The summed E-state index contributed by atoms with van der Waals surface area (Å²) >= 11 is 1.28. The normalized spacial score (nSPS) is 10.1. The molecule has 0 bridgehead atoms. The van der Waals surface area contributed by atoms with Gasteiger partial charge in [0.15, 0.2) is 5.69 Å². The molecule has 0 aliphatic carbocycles. The smallest absolute Gasteiger partial charge is 0.355 e. The summed E-state index contributed by atoms with van der Waals surface area (Å²) in [6, 6.07) is 8.92. The minimum absolute atomic E-state index is 0.0504. The average Bonchev–Trinajstić information content (AvgIpc) is 2.89. The fourth-order valence-corrected chi connectivity index (χ4v) is 2.27. The fraction of sp³-hybridized carbons (Fsp3) is 0.154. The molecule has 98 valence electrons. The number of hydrogen-bond donors (Lipinski definition) is 2. The van der Waals surface area contributed by atoms with Gasteiger partial charge in [0, 0.05) is 23.9 Å². The van der Waals surface area contributed by atoms with E-state index < -0.39 is 5.97 Å². The highest BCUT2D eigenvalue weighted by atomic mass is 32.1. The molecule has 0 spiro atoms. The van der Waals surface area contributed by atoms with Crippen LogP contribution in [0.25, 0.3) is 0 Å². The lowest BCUT2D eigenvalue weighted by molar-refractivity contribution is 0.0690. The summed E-state index contributed by atoms with van der Waals surface area (Å²) in [5, 5.41) is 13.7. The number of benzene rings is 1. The minimum Gasteiger partial charge on any atom is -0.476 e. The SMILES string of the molecule is O=C(NCCc1nc(C(=O)O)cs1)c1ccccc1. The van der Waals surface area contributed by atoms with E-state index in [2.05, 4.69) is 10.3 Å². The van der Waals surface area contributed by atoms with Crippen molar-refractivity contribution in [2.45, 2.75) is 6.42 Å². The van der Waals surface area contributed by atoms with E-state index >= 15 is 0 Å². The number of nitrogens with one attached hydrogen (secondary N) is 1. The lowest BCUT2D eigenvalue weighted by Crippen LogP contribution is -2.25. The summed E-state index contributed by atoms with van der Waals surface area (Å²) in [6.45, 7) is 0.431. The van der Waals surface area contributed by atoms with Gasteiger partial charge < -0.3 is 10.4 Å². The molecule has 0 aliphatic rings. The highest BCUT2D eigenvalue weighted by molar-refractivity contribution is 7.09. The summed E-state index contributed by atoms with van der Waals surface area (Å²) in [4.78, 5) is 26.3. The monoisotopic (exact) mass is 276 g/mol. The van der Waals surface area contributed by atoms with Crippen molar-refractivity contribution in [3.05, 3.63) is 52.0 Å². The van der Waals surface area contributed by atoms with Gasteiger partial charge in [0.2, 0.25) is 0 Å². The van der Waals surface area contributed by atoms with Gasteiger partial charge in [-0.25, -0.2) is 9.78 Å². The molecule has 1 aromatic carbocycles. The maximum atomic E-state index is 11.7. The van der Waals surface area contributed by atoms with Crippen molar-refractivity contribution in [2.24, 2.45) is 0 Å². The van der Waals surface area contributed by atoms with Crippen molar-refractivity contribution >= 4 is 23.2 Å². The predicted molar refractivity (Wildman–Crippen MR) is 71.6 cm³/mol. The number of aromatic carboxylic acids is 1. The van der Waals surface area contributed by atoms with Crippen LogP contribution in [-0.2, 0) is 6.42 Å². The number of thiazole rings is 1. The first-order valence-electron chi connectivity index (χ1n) is 5.68. The van der Waals surface area contributed by atoms with E-state index in [4.69, 9.17) is 5.11 Å². The first kappa shape index (κ1) is 13.2. The second-order valence-corrected chi connectivity index (χ2v) is 4.75. The minimum atomic E-state index is -1.03. The van der Waals surface area contributed by atoms with Crippen molar-refractivity contribution < 1.29 is 14.7 Å². The summed E-state index contributed by atoms with van der Waals surface area (Å²) in [7, 11) is 0. The van der Waals surface area contributed by atoms with Gasteiger partial charge in [-0.1, -0.05) is 18.2 Å². The van der Waals surface area contributed by atoms with Crippen molar-refractivity contribution in [3.8, 4) is 0 Å². The zero-order valence-corrected chi connectivity index (χ0v) is 10.8. The summed E-state index contributed by atoms with van der Waals surface area (Å²) < 4.78 is 0. The number of nitrogens with zero attached hydrogens (tertiary/aromatic N) is 1. The van der Waals surface area contributed by atoms with Gasteiger partial charge in [-0.3, -0.25) is 4.79 Å². The number of carboxylic acids is 1. The molecule has 0 fully saturated rings. The van der Waals surface area contributed by atoms with Crippen LogP contribution in [0.4, 0.5) is 0 Å². The summed E-state index contributed by atoms with van der Waals surface area (Å²) in [5.74, 6) is -1.17. The Morgan fingerprint density at radius 2 is 2.00 bits per heavy atom. The van der Waals surface area contributed by atoms with E-state index in [0.29, 0.717) is 23.5 Å². The fourth-order valence-electron chi connectivity index (χ4n) is 1.50. The number of hydrogen-bond acceptors (Lipinski definition) is 4. The van der Waals surface area contributed by atoms with Crippen LogP contribution in [-0.4, -0.2) is 28.5 Å². The number of aromatic nitrogens is 1. The molecule has 6 heteroatoms. The molecule has 5 nitrogen and oxygen atoms in total. The molecule has 0 radical (unpaired) electrons. The van der Waals surface area contributed by atoms with E-state index in [1.165, 1.54) is 16.7 Å². The molecule has 0 aliphatic heterocycles. The lowest BCUT2D eigenvalue weighted by atomic mass is 10.2. The standard InChI is InChI=1S/C13H12N2O3S/c16-12(9-4-2-1-3-5-9)14-7-6-11-15-10(8-19-11)13(17)18/h1-5,8H,6-7H2,(H,14,16)(H,17,18). The average molecular weight is 276 g/mol. The Balaban J connectivity index is 1.83. The molecule has 1 aromatic heterocycles. The maximum Gasteiger partial charge on any atom is 0.355 e. The van der Waals surface area contributed by atoms with Crippen LogP contribution in [0.2, 0.25) is 0 Å². The van der Waals surface area contributed by atoms with Gasteiger partial charge in [-0.15, -0.1) is 11.3 Å². The van der Waals surface area contributed by atoms with E-state index in [0.717, 1.165) is 0 Å². The first-order valence-corrected chi connectivity index (χ1v) is 6.56. The molecule has 0 saturated carbocycles. The van der Waals surface area contributed by atoms with E-state index in [9.17, 15) is 9.59 Å². The van der Waals surface area contributed by atoms with Gasteiger partial charge in [0.1, 0.15) is 0 Å². The van der Waals surface area contributed by atoms with Gasteiger partial charge in [0.25, 0.3) is 5.91 Å². The van der Waals surface area contributed by atoms with Crippen LogP contribution in [0.15, 0.2) is 35.7 Å². The highest BCUT2D eigenvalue weighted by Gasteiger charge is 2.09. The Hall–Kier alpha value is -2.21. The van der Waals surface area contributed by atoms with Crippen molar-refractivity contribution in [3.63, 3.8) is 0 Å². The molecule has 2 N–H and O–H groups in total. The Morgan fingerprint density at radius 1 is 1.26 bits per heavy atom. The summed E-state index contributed by atoms with van der Waals surface area (Å²) in [5.41, 5.74) is 0.655. The summed E-state index contributed by atoms with van der Waals surface area (Å²) in [6.07, 6.45) is 0.524. The van der Waals surface area contributed by atoms with Crippen LogP contribution in [0, 0.1) is 0 Å². The van der Waals surface area contributed by atoms with Crippen LogP contribution >= 0.6 is 11.3 Å². The Labute approximate surface area is 113 Å². The first-order chi connectivity index (χ1) is 9.16. The number of carbonyl (C=O) groups excluding carboxylic acids is 1. The van der Waals surface area contributed by atoms with Crippen molar-refractivity contribution in [1.82, 2.24) is 10.3 Å². The van der Waals surface area contributed by atoms with Crippen molar-refractivity contribution in [2.75, 3.05) is 6.54 Å². The van der Waals surface area contributed by atoms with E-state index in [1.807, 2.05) is 6.07 Å². The van der Waals surface area contributed by atoms with Crippen LogP contribution in [0.3, 0.4) is 0 Å². The lowest BCUT2D eigenvalue weighted by Gasteiger charge is -2.03. The Morgan fingerprint density at radius 3 is 2.63 bits per heavy atom. The highest BCUT2D eigenvalue weighted by Crippen LogP contribution is 2.10. The molecule has 1 heterocycles. The number of amides is 1. The third kappa shape index (κ3) is 3.62. The molecule has 2 aromatic rings. The Bertz CT molecular complexity index is 581. The molecular weight excluding hydrogens is 264 g/mol. The molecule has 0 atom stereocenters. The molecule has 19 heavy (non-hydrogen) atoms. The van der Waals surface area contributed by atoms with Gasteiger partial charge in [0.05, 0.1) is 5.01 Å². The van der Waals surface area contributed by atoms with E-state index in [1.54, 1.807) is 24.3 Å². The molecule has 1 amide bonds. The molecule has 2 rings (SSSR count). The van der Waals surface area contributed by atoms with E-state index in [-0.39, 0.29) is 11.6 Å². The number of carbonyl (C=O) groups is 2. The maximum absolute atomic E-state index is 11.7. The van der Waals surface area contributed by atoms with Crippen LogP contribution in [0.1, 0.15) is 25.9 Å². The largest absolute Gasteiger partial charge is 0.476 e. The topological polar surface area (TPSA) is 79.3 Å².